The maximum atomic E-state index is 12.5. The van der Waals surface area contributed by atoms with Crippen LogP contribution in [0, 0.1) is 11.3 Å². The zero-order valence-electron chi connectivity index (χ0n) is 16.7. The molecule has 0 bridgehead atoms. The summed E-state index contributed by atoms with van der Waals surface area (Å²) in [4.78, 5) is 17.0. The van der Waals surface area contributed by atoms with E-state index in [9.17, 15) is 10.1 Å². The van der Waals surface area contributed by atoms with Gasteiger partial charge in [0.15, 0.2) is 5.13 Å². The summed E-state index contributed by atoms with van der Waals surface area (Å²) in [7, 11) is 1.60. The van der Waals surface area contributed by atoms with Crippen molar-refractivity contribution in [2.24, 2.45) is 0 Å². The van der Waals surface area contributed by atoms with Crippen LogP contribution in [0.1, 0.15) is 18.9 Å². The maximum absolute atomic E-state index is 12.5. The molecule has 7 heteroatoms. The molecular weight excluding hydrogens is 398 g/mol. The molecule has 1 heterocycles. The number of aromatic nitrogens is 1. The molecule has 0 saturated heterocycles. The van der Waals surface area contributed by atoms with Crippen LogP contribution in [-0.2, 0) is 4.79 Å². The van der Waals surface area contributed by atoms with E-state index in [0.29, 0.717) is 23.2 Å². The van der Waals surface area contributed by atoms with Gasteiger partial charge in [0.05, 0.1) is 19.4 Å². The molecule has 0 fully saturated rings. The molecule has 0 aliphatic heterocycles. The van der Waals surface area contributed by atoms with Crippen LogP contribution in [-0.4, -0.2) is 24.6 Å². The lowest BCUT2D eigenvalue weighted by atomic mass is 10.1. The third-order valence-electron chi connectivity index (χ3n) is 4.14. The van der Waals surface area contributed by atoms with E-state index >= 15 is 0 Å². The highest BCUT2D eigenvalue weighted by Gasteiger charge is 2.14. The van der Waals surface area contributed by atoms with Gasteiger partial charge in [-0.15, -0.1) is 11.3 Å². The Morgan fingerprint density at radius 2 is 2.00 bits per heavy atom. The van der Waals surface area contributed by atoms with Crippen molar-refractivity contribution in [2.45, 2.75) is 13.3 Å². The number of benzene rings is 2. The summed E-state index contributed by atoms with van der Waals surface area (Å²) in [5.41, 5.74) is 2.25. The van der Waals surface area contributed by atoms with Crippen LogP contribution < -0.4 is 14.8 Å². The molecule has 152 valence electrons. The largest absolute Gasteiger partial charge is 0.496 e. The number of thiazole rings is 1. The molecule has 0 saturated carbocycles. The fourth-order valence-corrected chi connectivity index (χ4v) is 3.38. The standard InChI is InChI=1S/C23H21N3O3S/c1-3-12-29-18-10-8-16(9-11-18)13-17(14-24)22(27)26-23-25-20(15-30-23)19-6-4-5-7-21(19)28-2/h4-11,13,15H,3,12H2,1-2H3,(H,25,26,27)/b17-13+. The van der Waals surface area contributed by atoms with Crippen molar-refractivity contribution in [3.63, 3.8) is 0 Å². The first kappa shape index (κ1) is 21.1. The highest BCUT2D eigenvalue weighted by Crippen LogP contribution is 2.32. The number of ether oxygens (including phenoxy) is 2. The Morgan fingerprint density at radius 1 is 1.23 bits per heavy atom. The minimum Gasteiger partial charge on any atom is -0.496 e. The number of hydrogen-bond donors (Lipinski definition) is 1. The Kier molecular flexibility index (Phi) is 7.19. The van der Waals surface area contributed by atoms with E-state index in [0.717, 1.165) is 23.3 Å². The second kappa shape index (κ2) is 10.2. The Labute approximate surface area is 179 Å². The topological polar surface area (TPSA) is 84.2 Å². The van der Waals surface area contributed by atoms with Gasteiger partial charge in [0.2, 0.25) is 0 Å². The van der Waals surface area contributed by atoms with Crippen LogP contribution in [0.25, 0.3) is 17.3 Å². The smallest absolute Gasteiger partial charge is 0.268 e. The monoisotopic (exact) mass is 419 g/mol. The third kappa shape index (κ3) is 5.25. The van der Waals surface area contributed by atoms with Crippen molar-refractivity contribution in [3.05, 3.63) is 65.0 Å². The Hall–Kier alpha value is -3.63. The molecule has 0 aliphatic rings. The molecule has 0 spiro atoms. The lowest BCUT2D eigenvalue weighted by molar-refractivity contribution is -0.112. The van der Waals surface area contributed by atoms with E-state index in [4.69, 9.17) is 9.47 Å². The number of nitrogens with zero attached hydrogens (tertiary/aromatic N) is 2. The Balaban J connectivity index is 1.72. The van der Waals surface area contributed by atoms with Crippen LogP contribution in [0.15, 0.2) is 59.5 Å². The summed E-state index contributed by atoms with van der Waals surface area (Å²) in [5, 5.41) is 14.4. The van der Waals surface area contributed by atoms with Gasteiger partial charge < -0.3 is 9.47 Å². The first-order chi connectivity index (χ1) is 14.6. The van der Waals surface area contributed by atoms with Crippen molar-refractivity contribution < 1.29 is 14.3 Å². The van der Waals surface area contributed by atoms with Gasteiger partial charge in [-0.2, -0.15) is 5.26 Å². The molecule has 1 aromatic heterocycles. The highest BCUT2D eigenvalue weighted by atomic mass is 32.1. The molecule has 0 atom stereocenters. The van der Waals surface area contributed by atoms with Gasteiger partial charge in [0.1, 0.15) is 23.1 Å². The number of hydrogen-bond acceptors (Lipinski definition) is 6. The third-order valence-corrected chi connectivity index (χ3v) is 4.89. The van der Waals surface area contributed by atoms with Crippen molar-refractivity contribution in [1.29, 1.82) is 5.26 Å². The predicted molar refractivity (Wildman–Crippen MR) is 119 cm³/mol. The molecule has 1 amide bonds. The first-order valence-electron chi connectivity index (χ1n) is 9.39. The van der Waals surface area contributed by atoms with Gasteiger partial charge in [-0.05, 0) is 42.3 Å². The molecule has 3 aromatic rings. The van der Waals surface area contributed by atoms with Crippen LogP contribution in [0.2, 0.25) is 0 Å². The summed E-state index contributed by atoms with van der Waals surface area (Å²) in [6, 6.07) is 16.7. The van der Waals surface area contributed by atoms with Gasteiger partial charge in [0.25, 0.3) is 5.91 Å². The lowest BCUT2D eigenvalue weighted by Crippen LogP contribution is -2.13. The average molecular weight is 420 g/mol. The van der Waals surface area contributed by atoms with E-state index in [1.54, 1.807) is 19.2 Å². The van der Waals surface area contributed by atoms with Gasteiger partial charge in [-0.3, -0.25) is 10.1 Å². The number of rotatable bonds is 8. The molecule has 2 aromatic carbocycles. The van der Waals surface area contributed by atoms with Crippen molar-refractivity contribution in [1.82, 2.24) is 4.98 Å². The van der Waals surface area contributed by atoms with Gasteiger partial charge in [-0.1, -0.05) is 31.2 Å². The zero-order valence-corrected chi connectivity index (χ0v) is 17.5. The van der Waals surface area contributed by atoms with Gasteiger partial charge in [0, 0.05) is 10.9 Å². The molecule has 1 N–H and O–H groups in total. The molecule has 6 nitrogen and oxygen atoms in total. The van der Waals surface area contributed by atoms with Crippen molar-refractivity contribution >= 4 is 28.5 Å². The Bertz CT molecular complexity index is 1080. The summed E-state index contributed by atoms with van der Waals surface area (Å²) < 4.78 is 10.9. The van der Waals surface area contributed by atoms with Crippen LogP contribution in [0.5, 0.6) is 11.5 Å². The van der Waals surface area contributed by atoms with E-state index in [-0.39, 0.29) is 5.57 Å². The summed E-state index contributed by atoms with van der Waals surface area (Å²) in [5.74, 6) is 0.943. The van der Waals surface area contributed by atoms with Crippen molar-refractivity contribution in [3.8, 4) is 28.8 Å². The zero-order chi connectivity index (χ0) is 21.3. The lowest BCUT2D eigenvalue weighted by Gasteiger charge is -2.05. The van der Waals surface area contributed by atoms with E-state index < -0.39 is 5.91 Å². The maximum Gasteiger partial charge on any atom is 0.268 e. The minimum atomic E-state index is -0.510. The average Bonchev–Trinajstić information content (AvgIpc) is 3.24. The van der Waals surface area contributed by atoms with Crippen LogP contribution >= 0.6 is 11.3 Å². The number of amides is 1. The van der Waals surface area contributed by atoms with Crippen molar-refractivity contribution in [2.75, 3.05) is 19.0 Å². The fraction of sp³-hybridized carbons (Fsp3) is 0.174. The van der Waals surface area contributed by atoms with E-state index in [1.165, 1.54) is 17.4 Å². The molecule has 30 heavy (non-hydrogen) atoms. The van der Waals surface area contributed by atoms with Crippen LogP contribution in [0.4, 0.5) is 5.13 Å². The highest BCUT2D eigenvalue weighted by molar-refractivity contribution is 7.14. The van der Waals surface area contributed by atoms with Gasteiger partial charge >= 0.3 is 0 Å². The molecule has 0 unspecified atom stereocenters. The first-order valence-corrected chi connectivity index (χ1v) is 10.3. The number of nitriles is 1. The molecular formula is C23H21N3O3S. The quantitative estimate of drug-likeness (QED) is 0.403. The van der Waals surface area contributed by atoms with E-state index in [2.05, 4.69) is 10.3 Å². The molecule has 0 radical (unpaired) electrons. The van der Waals surface area contributed by atoms with Gasteiger partial charge in [-0.25, -0.2) is 4.98 Å². The summed E-state index contributed by atoms with van der Waals surface area (Å²) in [6.45, 7) is 2.68. The molecule has 3 rings (SSSR count). The normalized spacial score (nSPS) is 10.9. The summed E-state index contributed by atoms with van der Waals surface area (Å²) >= 11 is 1.28. The van der Waals surface area contributed by atoms with Crippen LogP contribution in [0.3, 0.4) is 0 Å². The number of methoxy groups -OCH3 is 1. The molecule has 0 aliphatic carbocycles. The number of nitrogens with one attached hydrogen (secondary N) is 1. The Morgan fingerprint density at radius 3 is 2.70 bits per heavy atom. The summed E-state index contributed by atoms with van der Waals surface area (Å²) in [6.07, 6.45) is 2.46. The number of para-hydroxylation sites is 1. The number of carbonyl (C=O) groups is 1. The predicted octanol–water partition coefficient (Wildman–Crippen LogP) is 5.15. The second-order valence-electron chi connectivity index (χ2n) is 6.28. The number of anilines is 1. The number of carbonyl (C=O) groups excluding carboxylic acids is 1. The SMILES string of the molecule is CCCOc1ccc(/C=C(\C#N)C(=O)Nc2nc(-c3ccccc3OC)cs2)cc1. The van der Waals surface area contributed by atoms with E-state index in [1.807, 2.05) is 54.8 Å². The minimum absolute atomic E-state index is 0.00808. The second-order valence-corrected chi connectivity index (χ2v) is 7.14. The fourth-order valence-electron chi connectivity index (χ4n) is 2.67.